The molecule has 2 aromatic rings. The highest BCUT2D eigenvalue weighted by atomic mass is 127. The van der Waals surface area contributed by atoms with Crippen LogP contribution in [0.25, 0.3) is 0 Å². The van der Waals surface area contributed by atoms with E-state index in [-0.39, 0.29) is 4.83 Å². The minimum atomic E-state index is 0.255. The van der Waals surface area contributed by atoms with Crippen molar-refractivity contribution in [1.82, 2.24) is 0 Å². The molecular formula is C19H22BrI. The second-order valence-electron chi connectivity index (χ2n) is 6.12. The SMILES string of the molecule is CC(C)c1ccc(C(Br)c2cccc(I)c2)c(C(C)C)c1. The summed E-state index contributed by atoms with van der Waals surface area (Å²) < 4.78 is 1.28. The first-order valence-corrected chi connectivity index (χ1v) is 9.43. The number of benzene rings is 2. The van der Waals surface area contributed by atoms with Gasteiger partial charge in [0.15, 0.2) is 0 Å². The first kappa shape index (κ1) is 17.0. The Kier molecular flexibility index (Phi) is 5.89. The molecule has 0 aliphatic carbocycles. The molecule has 0 aromatic heterocycles. The third-order valence-corrected chi connectivity index (χ3v) is 5.51. The zero-order valence-electron chi connectivity index (χ0n) is 13.0. The molecule has 0 fully saturated rings. The van der Waals surface area contributed by atoms with E-state index in [1.807, 2.05) is 0 Å². The van der Waals surface area contributed by atoms with Crippen LogP contribution >= 0.6 is 38.5 Å². The highest BCUT2D eigenvalue weighted by Crippen LogP contribution is 2.37. The quantitative estimate of drug-likeness (QED) is 0.342. The van der Waals surface area contributed by atoms with Gasteiger partial charge in [-0.2, -0.15) is 0 Å². The van der Waals surface area contributed by atoms with Crippen LogP contribution in [0.4, 0.5) is 0 Å². The standard InChI is InChI=1S/C19H22BrI/c1-12(2)14-8-9-17(18(11-14)13(3)4)19(20)15-6-5-7-16(21)10-15/h5-13,19H,1-4H3. The Hall–Kier alpha value is -0.350. The fourth-order valence-electron chi connectivity index (χ4n) is 2.53. The van der Waals surface area contributed by atoms with Crippen molar-refractivity contribution >= 4 is 38.5 Å². The van der Waals surface area contributed by atoms with E-state index in [0.29, 0.717) is 11.8 Å². The lowest BCUT2D eigenvalue weighted by atomic mass is 9.89. The molecule has 0 N–H and O–H groups in total. The van der Waals surface area contributed by atoms with Crippen molar-refractivity contribution in [2.24, 2.45) is 0 Å². The maximum atomic E-state index is 3.91. The molecule has 2 heteroatoms. The predicted octanol–water partition coefficient (Wildman–Crippen LogP) is 7.02. The Labute approximate surface area is 150 Å². The second-order valence-corrected chi connectivity index (χ2v) is 8.28. The van der Waals surface area contributed by atoms with E-state index >= 15 is 0 Å². The Bertz CT molecular complexity index is 617. The Morgan fingerprint density at radius 1 is 0.810 bits per heavy atom. The van der Waals surface area contributed by atoms with Gasteiger partial charge in [0.05, 0.1) is 4.83 Å². The maximum Gasteiger partial charge on any atom is 0.0647 e. The van der Waals surface area contributed by atoms with Crippen LogP contribution in [0, 0.1) is 3.57 Å². The summed E-state index contributed by atoms with van der Waals surface area (Å²) in [7, 11) is 0. The monoisotopic (exact) mass is 456 g/mol. The van der Waals surface area contributed by atoms with Gasteiger partial charge in [-0.25, -0.2) is 0 Å². The topological polar surface area (TPSA) is 0 Å². The Morgan fingerprint density at radius 3 is 2.10 bits per heavy atom. The van der Waals surface area contributed by atoms with Crippen molar-refractivity contribution in [3.63, 3.8) is 0 Å². The zero-order chi connectivity index (χ0) is 15.6. The van der Waals surface area contributed by atoms with Crippen molar-refractivity contribution in [2.75, 3.05) is 0 Å². The minimum absolute atomic E-state index is 0.255. The summed E-state index contributed by atoms with van der Waals surface area (Å²) in [6.07, 6.45) is 0. The molecule has 112 valence electrons. The van der Waals surface area contributed by atoms with Crippen molar-refractivity contribution in [2.45, 2.75) is 44.4 Å². The molecule has 1 atom stereocenters. The summed E-state index contributed by atoms with van der Waals surface area (Å²) in [6.45, 7) is 9.06. The van der Waals surface area contributed by atoms with E-state index in [2.05, 4.69) is 109 Å². The minimum Gasteiger partial charge on any atom is -0.0786 e. The molecule has 0 bridgehead atoms. The largest absolute Gasteiger partial charge is 0.0786 e. The molecule has 0 saturated carbocycles. The van der Waals surface area contributed by atoms with Crippen molar-refractivity contribution < 1.29 is 0 Å². The van der Waals surface area contributed by atoms with Gasteiger partial charge in [0.25, 0.3) is 0 Å². The molecule has 0 amide bonds. The lowest BCUT2D eigenvalue weighted by Gasteiger charge is -2.20. The molecular weight excluding hydrogens is 435 g/mol. The van der Waals surface area contributed by atoms with E-state index in [9.17, 15) is 0 Å². The van der Waals surface area contributed by atoms with E-state index in [1.165, 1.54) is 25.8 Å². The second kappa shape index (κ2) is 7.28. The van der Waals surface area contributed by atoms with Crippen molar-refractivity contribution in [1.29, 1.82) is 0 Å². The molecule has 0 aliphatic rings. The summed E-state index contributed by atoms with van der Waals surface area (Å²) in [6, 6.07) is 15.7. The maximum absolute atomic E-state index is 3.91. The molecule has 2 rings (SSSR count). The molecule has 0 saturated heterocycles. The predicted molar refractivity (Wildman–Crippen MR) is 105 cm³/mol. The lowest BCUT2D eigenvalue weighted by Crippen LogP contribution is -2.03. The van der Waals surface area contributed by atoms with Crippen LogP contribution < -0.4 is 0 Å². The lowest BCUT2D eigenvalue weighted by molar-refractivity contribution is 0.820. The Morgan fingerprint density at radius 2 is 1.52 bits per heavy atom. The number of alkyl halides is 1. The van der Waals surface area contributed by atoms with Gasteiger partial charge in [0, 0.05) is 3.57 Å². The first-order valence-electron chi connectivity index (χ1n) is 7.43. The average Bonchev–Trinajstić information content (AvgIpc) is 2.45. The number of rotatable bonds is 4. The molecule has 21 heavy (non-hydrogen) atoms. The highest BCUT2D eigenvalue weighted by Gasteiger charge is 2.17. The number of halogens is 2. The molecule has 2 aromatic carbocycles. The van der Waals surface area contributed by atoms with E-state index in [4.69, 9.17) is 0 Å². The van der Waals surface area contributed by atoms with Crippen LogP contribution in [0.5, 0.6) is 0 Å². The zero-order valence-corrected chi connectivity index (χ0v) is 16.8. The molecule has 0 radical (unpaired) electrons. The van der Waals surface area contributed by atoms with Crippen LogP contribution in [-0.4, -0.2) is 0 Å². The van der Waals surface area contributed by atoms with Crippen LogP contribution in [0.1, 0.15) is 66.6 Å². The molecule has 1 unspecified atom stereocenters. The first-order chi connectivity index (χ1) is 9.90. The number of hydrogen-bond acceptors (Lipinski definition) is 0. The normalized spacial score (nSPS) is 13.0. The average molecular weight is 457 g/mol. The third kappa shape index (κ3) is 4.10. The van der Waals surface area contributed by atoms with E-state index < -0.39 is 0 Å². The molecule has 0 heterocycles. The summed E-state index contributed by atoms with van der Waals surface area (Å²) in [5.74, 6) is 1.10. The summed E-state index contributed by atoms with van der Waals surface area (Å²) >= 11 is 6.28. The van der Waals surface area contributed by atoms with Gasteiger partial charge in [-0.3, -0.25) is 0 Å². The smallest absolute Gasteiger partial charge is 0.0647 e. The van der Waals surface area contributed by atoms with Gasteiger partial charge in [-0.15, -0.1) is 0 Å². The van der Waals surface area contributed by atoms with Gasteiger partial charge in [-0.05, 0) is 68.8 Å². The Balaban J connectivity index is 2.47. The van der Waals surface area contributed by atoms with E-state index in [0.717, 1.165) is 0 Å². The van der Waals surface area contributed by atoms with Crippen LogP contribution in [0.2, 0.25) is 0 Å². The van der Waals surface area contributed by atoms with Gasteiger partial charge in [0.1, 0.15) is 0 Å². The fourth-order valence-corrected chi connectivity index (χ4v) is 3.80. The van der Waals surface area contributed by atoms with Crippen molar-refractivity contribution in [3.05, 3.63) is 68.3 Å². The molecule has 0 aliphatic heterocycles. The van der Waals surface area contributed by atoms with Crippen LogP contribution in [0.3, 0.4) is 0 Å². The highest BCUT2D eigenvalue weighted by molar-refractivity contribution is 14.1. The summed E-state index contributed by atoms with van der Waals surface area (Å²) in [4.78, 5) is 0.255. The van der Waals surface area contributed by atoms with Crippen LogP contribution in [0.15, 0.2) is 42.5 Å². The van der Waals surface area contributed by atoms with Gasteiger partial charge in [0.2, 0.25) is 0 Å². The summed E-state index contributed by atoms with van der Waals surface area (Å²) in [5, 5.41) is 0. The molecule has 0 nitrogen and oxygen atoms in total. The van der Waals surface area contributed by atoms with E-state index in [1.54, 1.807) is 0 Å². The number of hydrogen-bond donors (Lipinski definition) is 0. The third-order valence-electron chi connectivity index (χ3n) is 3.81. The summed E-state index contributed by atoms with van der Waals surface area (Å²) in [5.41, 5.74) is 5.57. The molecule has 0 spiro atoms. The van der Waals surface area contributed by atoms with Gasteiger partial charge in [-0.1, -0.05) is 74.0 Å². The fraction of sp³-hybridized carbons (Fsp3) is 0.368. The van der Waals surface area contributed by atoms with Gasteiger partial charge >= 0.3 is 0 Å². The van der Waals surface area contributed by atoms with Crippen LogP contribution in [-0.2, 0) is 0 Å². The van der Waals surface area contributed by atoms with Crippen molar-refractivity contribution in [3.8, 4) is 0 Å². The van der Waals surface area contributed by atoms with Gasteiger partial charge < -0.3 is 0 Å².